The molecule has 1 aliphatic heterocycles. The van der Waals surface area contributed by atoms with Crippen LogP contribution < -0.4 is 5.32 Å². The molecule has 3 aromatic rings. The van der Waals surface area contributed by atoms with E-state index in [9.17, 15) is 4.79 Å². The van der Waals surface area contributed by atoms with E-state index in [4.69, 9.17) is 11.6 Å². The van der Waals surface area contributed by atoms with E-state index in [1.807, 2.05) is 70.2 Å². The molecule has 4 nitrogen and oxygen atoms in total. The smallest absolute Gasteiger partial charge is 0.264 e. The van der Waals surface area contributed by atoms with Gasteiger partial charge in [-0.1, -0.05) is 33.6 Å². The highest BCUT2D eigenvalue weighted by Crippen LogP contribution is 2.32. The predicted octanol–water partition coefficient (Wildman–Crippen LogP) is 7.02. The topological polar surface area (TPSA) is 46.4 Å². The van der Waals surface area contributed by atoms with Crippen LogP contribution in [0.25, 0.3) is 11.8 Å². The summed E-state index contributed by atoms with van der Waals surface area (Å²) in [5.41, 5.74) is 7.15. The lowest BCUT2D eigenvalue weighted by Crippen LogP contribution is -2.19. The van der Waals surface area contributed by atoms with Crippen molar-refractivity contribution in [2.24, 2.45) is 4.99 Å². The second-order valence-electron chi connectivity index (χ2n) is 7.52. The fraction of sp³-hybridized carbons (Fsp3) is 0.167. The highest BCUT2D eigenvalue weighted by atomic mass is 79.9. The summed E-state index contributed by atoms with van der Waals surface area (Å²) < 4.78 is 3.22. The summed E-state index contributed by atoms with van der Waals surface area (Å²) in [5, 5.41) is 4.15. The van der Waals surface area contributed by atoms with Crippen LogP contribution in [0, 0.1) is 27.7 Å². The van der Waals surface area contributed by atoms with Gasteiger partial charge in [-0.15, -0.1) is 0 Å². The Balaban J connectivity index is 1.65. The zero-order valence-electron chi connectivity index (χ0n) is 17.6. The Morgan fingerprint density at radius 3 is 2.48 bits per heavy atom. The third kappa shape index (κ3) is 4.52. The Labute approximate surface area is 199 Å². The molecule has 2 aromatic carbocycles. The summed E-state index contributed by atoms with van der Waals surface area (Å²) >= 11 is 11.1. The first-order valence-corrected chi connectivity index (χ1v) is 11.7. The molecule has 0 spiro atoms. The molecule has 1 amide bonds. The van der Waals surface area contributed by atoms with Crippen molar-refractivity contribution >= 4 is 62.1 Å². The third-order valence-electron chi connectivity index (χ3n) is 5.13. The molecule has 4 rings (SSSR count). The molecule has 7 heteroatoms. The molecule has 0 bridgehead atoms. The monoisotopic (exact) mass is 513 g/mol. The molecule has 0 unspecified atom stereocenters. The van der Waals surface area contributed by atoms with Crippen molar-refractivity contribution in [3.63, 3.8) is 0 Å². The molecule has 0 aliphatic carbocycles. The first kappa shape index (κ1) is 21.9. The van der Waals surface area contributed by atoms with E-state index in [0.29, 0.717) is 15.1 Å². The van der Waals surface area contributed by atoms with Crippen LogP contribution in [0.1, 0.15) is 28.1 Å². The van der Waals surface area contributed by atoms with Crippen molar-refractivity contribution in [1.82, 2.24) is 9.88 Å². The number of rotatable bonds is 3. The molecule has 0 radical (unpaired) electrons. The maximum absolute atomic E-state index is 12.6. The average molecular weight is 515 g/mol. The minimum atomic E-state index is -0.137. The van der Waals surface area contributed by atoms with Gasteiger partial charge in [0.05, 0.1) is 10.6 Å². The van der Waals surface area contributed by atoms with E-state index in [2.05, 4.69) is 36.9 Å². The lowest BCUT2D eigenvalue weighted by molar-refractivity contribution is -0.115. The summed E-state index contributed by atoms with van der Waals surface area (Å²) in [6, 6.07) is 13.8. The number of aryl methyl sites for hydroxylation is 3. The van der Waals surface area contributed by atoms with Crippen LogP contribution >= 0.6 is 39.3 Å². The normalized spacial score (nSPS) is 16.4. The Morgan fingerprint density at radius 2 is 1.81 bits per heavy atom. The maximum Gasteiger partial charge on any atom is 0.264 e. The molecular formula is C24H21BrClN3OS. The number of benzene rings is 2. The quantitative estimate of drug-likeness (QED) is 0.382. The maximum atomic E-state index is 12.6. The van der Waals surface area contributed by atoms with Crippen LogP contribution in [0.2, 0.25) is 5.02 Å². The van der Waals surface area contributed by atoms with Crippen LogP contribution in [0.3, 0.4) is 0 Å². The molecule has 158 valence electrons. The van der Waals surface area contributed by atoms with Gasteiger partial charge in [-0.3, -0.25) is 4.79 Å². The number of amides is 1. The molecular weight excluding hydrogens is 494 g/mol. The highest BCUT2D eigenvalue weighted by molar-refractivity contribution is 9.10. The summed E-state index contributed by atoms with van der Waals surface area (Å²) in [5.74, 6) is -0.137. The largest absolute Gasteiger partial charge is 0.318 e. The second-order valence-corrected chi connectivity index (χ2v) is 9.78. The Hall–Kier alpha value is -2.28. The minimum Gasteiger partial charge on any atom is -0.318 e. The number of hydrogen-bond donors (Lipinski definition) is 1. The molecule has 1 N–H and O–H groups in total. The zero-order valence-corrected chi connectivity index (χ0v) is 20.7. The van der Waals surface area contributed by atoms with Gasteiger partial charge in [-0.05, 0) is 98.6 Å². The first-order valence-electron chi connectivity index (χ1n) is 9.74. The van der Waals surface area contributed by atoms with Crippen molar-refractivity contribution < 1.29 is 4.79 Å². The summed E-state index contributed by atoms with van der Waals surface area (Å²) in [4.78, 5) is 17.8. The van der Waals surface area contributed by atoms with Crippen molar-refractivity contribution in [2.75, 3.05) is 0 Å². The number of nitrogens with zero attached hydrogens (tertiary/aromatic N) is 2. The van der Waals surface area contributed by atoms with E-state index in [-0.39, 0.29) is 5.91 Å². The van der Waals surface area contributed by atoms with Crippen molar-refractivity contribution in [3.05, 3.63) is 84.9 Å². The number of amidine groups is 1. The van der Waals surface area contributed by atoms with Gasteiger partial charge in [-0.2, -0.15) is 0 Å². The molecule has 1 fully saturated rings. The van der Waals surface area contributed by atoms with Gasteiger partial charge >= 0.3 is 0 Å². The summed E-state index contributed by atoms with van der Waals surface area (Å²) in [6.07, 6.45) is 1.92. The zero-order chi connectivity index (χ0) is 22.3. The van der Waals surface area contributed by atoms with E-state index in [1.165, 1.54) is 11.8 Å². The third-order valence-corrected chi connectivity index (χ3v) is 7.52. The minimum absolute atomic E-state index is 0.137. The summed E-state index contributed by atoms with van der Waals surface area (Å²) in [7, 11) is 0. The highest BCUT2D eigenvalue weighted by Gasteiger charge is 2.24. The standard InChI is InChI=1S/C24H21BrClN3OS/c1-13-8-19(9-14(2)22(13)25)27-24-28-23(30)21(31-24)11-17-10-15(3)29(16(17)4)20-7-5-6-18(26)12-20/h5-12H,1-4H3,(H,27,28,30)/b21-11-. The second kappa shape index (κ2) is 8.69. The average Bonchev–Trinajstić information content (AvgIpc) is 3.18. The van der Waals surface area contributed by atoms with Gasteiger partial charge in [0.1, 0.15) is 0 Å². The van der Waals surface area contributed by atoms with Crippen LogP contribution in [0.4, 0.5) is 5.69 Å². The van der Waals surface area contributed by atoms with E-state index in [0.717, 1.165) is 43.9 Å². The number of carbonyl (C=O) groups is 1. The van der Waals surface area contributed by atoms with Gasteiger partial charge in [0.25, 0.3) is 5.91 Å². The summed E-state index contributed by atoms with van der Waals surface area (Å²) in [6.45, 7) is 8.15. The van der Waals surface area contributed by atoms with Gasteiger partial charge in [0, 0.05) is 26.6 Å². The van der Waals surface area contributed by atoms with Gasteiger partial charge < -0.3 is 9.88 Å². The molecule has 2 heterocycles. The van der Waals surface area contributed by atoms with Crippen molar-refractivity contribution in [2.45, 2.75) is 27.7 Å². The Bertz CT molecular complexity index is 1250. The lowest BCUT2D eigenvalue weighted by atomic mass is 10.1. The number of aromatic nitrogens is 1. The number of nitrogens with one attached hydrogen (secondary N) is 1. The van der Waals surface area contributed by atoms with Crippen LogP contribution in [0.5, 0.6) is 0 Å². The Morgan fingerprint density at radius 1 is 1.10 bits per heavy atom. The van der Waals surface area contributed by atoms with Gasteiger partial charge in [0.15, 0.2) is 5.17 Å². The number of aliphatic imine (C=N–C) groups is 1. The van der Waals surface area contributed by atoms with Crippen molar-refractivity contribution in [1.29, 1.82) is 0 Å². The molecule has 1 aromatic heterocycles. The van der Waals surface area contributed by atoms with Crippen molar-refractivity contribution in [3.8, 4) is 5.69 Å². The van der Waals surface area contributed by atoms with Crippen LogP contribution in [-0.2, 0) is 4.79 Å². The molecule has 1 saturated heterocycles. The number of thioether (sulfide) groups is 1. The van der Waals surface area contributed by atoms with Crippen LogP contribution in [-0.4, -0.2) is 15.6 Å². The molecule has 1 aliphatic rings. The fourth-order valence-electron chi connectivity index (χ4n) is 3.67. The van der Waals surface area contributed by atoms with Gasteiger partial charge in [-0.25, -0.2) is 4.99 Å². The number of hydrogen-bond acceptors (Lipinski definition) is 3. The molecule has 0 saturated carbocycles. The first-order chi connectivity index (χ1) is 14.7. The molecule has 31 heavy (non-hydrogen) atoms. The number of carbonyl (C=O) groups excluding carboxylic acids is 1. The SMILES string of the molecule is Cc1cc(N=C2NC(=O)/C(=C/c3cc(C)n(-c4cccc(Cl)c4)c3C)S2)cc(C)c1Br. The lowest BCUT2D eigenvalue weighted by Gasteiger charge is -2.10. The molecule has 0 atom stereocenters. The van der Waals surface area contributed by atoms with Gasteiger partial charge in [0.2, 0.25) is 0 Å². The van der Waals surface area contributed by atoms with Crippen LogP contribution in [0.15, 0.2) is 56.8 Å². The van der Waals surface area contributed by atoms with E-state index in [1.54, 1.807) is 0 Å². The number of halogens is 2. The Kier molecular flexibility index (Phi) is 6.15. The fourth-order valence-corrected chi connectivity index (χ4v) is 4.92. The van der Waals surface area contributed by atoms with E-state index >= 15 is 0 Å². The van der Waals surface area contributed by atoms with E-state index < -0.39 is 0 Å². The predicted molar refractivity (Wildman–Crippen MR) is 135 cm³/mol.